The number of pyridine rings is 1. The Morgan fingerprint density at radius 1 is 1.09 bits per heavy atom. The highest BCUT2D eigenvalue weighted by Gasteiger charge is 2.34. The lowest BCUT2D eigenvalue weighted by Gasteiger charge is -2.17. The molecular formula is C24H23F3N4OS. The summed E-state index contributed by atoms with van der Waals surface area (Å²) in [6.45, 7) is 7.88. The van der Waals surface area contributed by atoms with E-state index in [0.29, 0.717) is 17.2 Å². The third kappa shape index (κ3) is 4.42. The Morgan fingerprint density at radius 2 is 1.82 bits per heavy atom. The number of fused-ring (bicyclic) bond motifs is 3. The third-order valence-corrected chi connectivity index (χ3v) is 6.81. The molecule has 2 aromatic heterocycles. The van der Waals surface area contributed by atoms with Crippen LogP contribution >= 0.6 is 11.8 Å². The number of benzene rings is 2. The second-order valence-electron chi connectivity index (χ2n) is 8.03. The molecular weight excluding hydrogens is 449 g/mol. The number of nitrogens with zero attached hydrogens (tertiary/aromatic N) is 3. The molecule has 2 aromatic carbocycles. The SMILES string of the molecule is CCC(Sc1nnc2cc(C)c3cc(C)cc(C)c3n12)C(=O)Nc1ccccc1C(F)(F)F. The van der Waals surface area contributed by atoms with Gasteiger partial charge in [0.1, 0.15) is 0 Å². The molecule has 0 radical (unpaired) electrons. The summed E-state index contributed by atoms with van der Waals surface area (Å²) in [6.07, 6.45) is -4.16. The number of amides is 1. The van der Waals surface area contributed by atoms with Gasteiger partial charge in [-0.1, -0.05) is 42.4 Å². The zero-order valence-corrected chi connectivity index (χ0v) is 19.4. The lowest BCUT2D eigenvalue weighted by Crippen LogP contribution is -2.26. The van der Waals surface area contributed by atoms with Crippen LogP contribution in [0.5, 0.6) is 0 Å². The average Bonchev–Trinajstić information content (AvgIpc) is 3.13. The molecule has 0 spiro atoms. The Morgan fingerprint density at radius 3 is 2.52 bits per heavy atom. The zero-order chi connectivity index (χ0) is 23.9. The summed E-state index contributed by atoms with van der Waals surface area (Å²) in [5, 5.41) is 12.0. The summed E-state index contributed by atoms with van der Waals surface area (Å²) in [5.74, 6) is -0.514. The van der Waals surface area contributed by atoms with Crippen LogP contribution in [0.3, 0.4) is 0 Å². The van der Waals surface area contributed by atoms with Crippen LogP contribution in [-0.2, 0) is 11.0 Å². The molecule has 2 heterocycles. The maximum absolute atomic E-state index is 13.3. The summed E-state index contributed by atoms with van der Waals surface area (Å²) in [7, 11) is 0. The van der Waals surface area contributed by atoms with Crippen LogP contribution in [0.4, 0.5) is 18.9 Å². The summed E-state index contributed by atoms with van der Waals surface area (Å²) in [4.78, 5) is 13.0. The van der Waals surface area contributed by atoms with E-state index in [-0.39, 0.29) is 5.69 Å². The smallest absolute Gasteiger partial charge is 0.325 e. The minimum Gasteiger partial charge on any atom is -0.325 e. The van der Waals surface area contributed by atoms with Crippen molar-refractivity contribution in [3.63, 3.8) is 0 Å². The number of halogens is 3. The van der Waals surface area contributed by atoms with Crippen molar-refractivity contribution in [3.05, 3.63) is 64.7 Å². The number of carbonyl (C=O) groups is 1. The van der Waals surface area contributed by atoms with Crippen molar-refractivity contribution in [2.24, 2.45) is 0 Å². The van der Waals surface area contributed by atoms with Crippen LogP contribution in [0.2, 0.25) is 0 Å². The molecule has 172 valence electrons. The molecule has 0 fully saturated rings. The largest absolute Gasteiger partial charge is 0.418 e. The summed E-state index contributed by atoms with van der Waals surface area (Å²) < 4.78 is 41.9. The minimum atomic E-state index is -4.56. The highest BCUT2D eigenvalue weighted by molar-refractivity contribution is 8.00. The fraction of sp³-hybridized carbons (Fsp3) is 0.292. The van der Waals surface area contributed by atoms with Gasteiger partial charge in [0.15, 0.2) is 10.8 Å². The first-order valence-corrected chi connectivity index (χ1v) is 11.4. The summed E-state index contributed by atoms with van der Waals surface area (Å²) in [6, 6.07) is 11.1. The number of thioether (sulfide) groups is 1. The van der Waals surface area contributed by atoms with Gasteiger partial charge >= 0.3 is 6.18 Å². The van der Waals surface area contributed by atoms with Crippen molar-refractivity contribution in [1.82, 2.24) is 14.6 Å². The molecule has 0 aliphatic heterocycles. The van der Waals surface area contributed by atoms with Gasteiger partial charge < -0.3 is 5.32 Å². The number of hydrogen-bond donors (Lipinski definition) is 1. The molecule has 0 aliphatic carbocycles. The number of anilines is 1. The number of hydrogen-bond acceptors (Lipinski definition) is 4. The fourth-order valence-corrected chi connectivity index (χ4v) is 4.96. The summed E-state index contributed by atoms with van der Waals surface area (Å²) >= 11 is 1.20. The molecule has 1 atom stereocenters. The first-order valence-electron chi connectivity index (χ1n) is 10.5. The van der Waals surface area contributed by atoms with Crippen LogP contribution < -0.4 is 5.32 Å². The number of rotatable bonds is 5. The van der Waals surface area contributed by atoms with Crippen molar-refractivity contribution >= 4 is 39.9 Å². The van der Waals surface area contributed by atoms with Crippen LogP contribution in [0.15, 0.2) is 47.6 Å². The monoisotopic (exact) mass is 472 g/mol. The number of aryl methyl sites for hydroxylation is 3. The second kappa shape index (κ2) is 8.70. The van der Waals surface area contributed by atoms with Crippen molar-refractivity contribution < 1.29 is 18.0 Å². The molecule has 4 aromatic rings. The Hall–Kier alpha value is -3.07. The van der Waals surface area contributed by atoms with Gasteiger partial charge in [-0.15, -0.1) is 10.2 Å². The topological polar surface area (TPSA) is 59.3 Å². The van der Waals surface area contributed by atoms with E-state index in [4.69, 9.17) is 0 Å². The maximum Gasteiger partial charge on any atom is 0.418 e. The van der Waals surface area contributed by atoms with E-state index < -0.39 is 22.9 Å². The highest BCUT2D eigenvalue weighted by atomic mass is 32.2. The van der Waals surface area contributed by atoms with E-state index in [0.717, 1.165) is 33.7 Å². The number of para-hydroxylation sites is 1. The Labute approximate surface area is 193 Å². The number of aromatic nitrogens is 3. The second-order valence-corrected chi connectivity index (χ2v) is 9.20. The van der Waals surface area contributed by atoms with Gasteiger partial charge in [0.2, 0.25) is 5.91 Å². The van der Waals surface area contributed by atoms with E-state index in [1.54, 1.807) is 0 Å². The van der Waals surface area contributed by atoms with Crippen LogP contribution in [-0.4, -0.2) is 25.8 Å². The Balaban J connectivity index is 1.71. The van der Waals surface area contributed by atoms with E-state index in [9.17, 15) is 18.0 Å². The van der Waals surface area contributed by atoms with Crippen LogP contribution in [0, 0.1) is 20.8 Å². The van der Waals surface area contributed by atoms with Crippen LogP contribution in [0.25, 0.3) is 16.6 Å². The number of carbonyl (C=O) groups excluding carboxylic acids is 1. The third-order valence-electron chi connectivity index (χ3n) is 5.50. The number of alkyl halides is 3. The van der Waals surface area contributed by atoms with E-state index >= 15 is 0 Å². The number of nitrogens with one attached hydrogen (secondary N) is 1. The lowest BCUT2D eigenvalue weighted by molar-refractivity contribution is -0.137. The van der Waals surface area contributed by atoms with Crippen molar-refractivity contribution in [3.8, 4) is 0 Å². The van der Waals surface area contributed by atoms with Gasteiger partial charge in [0.05, 0.1) is 22.0 Å². The lowest BCUT2D eigenvalue weighted by atomic mass is 10.0. The van der Waals surface area contributed by atoms with Gasteiger partial charge in [-0.05, 0) is 62.6 Å². The van der Waals surface area contributed by atoms with Crippen molar-refractivity contribution in [2.75, 3.05) is 5.32 Å². The fourth-order valence-electron chi connectivity index (χ4n) is 3.99. The molecule has 0 saturated heterocycles. The first kappa shape index (κ1) is 23.1. The molecule has 1 amide bonds. The van der Waals surface area contributed by atoms with Gasteiger partial charge in [0, 0.05) is 5.39 Å². The molecule has 5 nitrogen and oxygen atoms in total. The first-order chi connectivity index (χ1) is 15.6. The van der Waals surface area contributed by atoms with Gasteiger partial charge in [-0.3, -0.25) is 9.20 Å². The van der Waals surface area contributed by atoms with E-state index in [1.165, 1.54) is 30.0 Å². The minimum absolute atomic E-state index is 0.257. The molecule has 33 heavy (non-hydrogen) atoms. The quantitative estimate of drug-likeness (QED) is 0.345. The van der Waals surface area contributed by atoms with E-state index in [1.807, 2.05) is 38.2 Å². The molecule has 4 rings (SSSR count). The molecule has 0 saturated carbocycles. The molecule has 1 N–H and O–H groups in total. The van der Waals surface area contributed by atoms with Gasteiger partial charge in [0.25, 0.3) is 0 Å². The summed E-state index contributed by atoms with van der Waals surface area (Å²) in [5.41, 5.74) is 3.75. The predicted octanol–water partition coefficient (Wildman–Crippen LogP) is 6.34. The normalized spacial score (nSPS) is 12.9. The van der Waals surface area contributed by atoms with E-state index in [2.05, 4.69) is 27.6 Å². The van der Waals surface area contributed by atoms with Crippen molar-refractivity contribution in [1.29, 1.82) is 0 Å². The molecule has 0 bridgehead atoms. The Kier molecular flexibility index (Phi) is 6.09. The molecule has 9 heteroatoms. The predicted molar refractivity (Wildman–Crippen MR) is 125 cm³/mol. The van der Waals surface area contributed by atoms with Gasteiger partial charge in [-0.25, -0.2) is 0 Å². The Bertz CT molecular complexity index is 1360. The van der Waals surface area contributed by atoms with Gasteiger partial charge in [-0.2, -0.15) is 13.2 Å². The zero-order valence-electron chi connectivity index (χ0n) is 18.6. The molecule has 0 aliphatic rings. The standard InChI is InChI=1S/C24H23F3N4OS/c1-5-19(22(32)28-18-9-7-6-8-17(18)24(25,26)27)33-23-30-29-20-12-14(3)16-11-13(2)10-15(4)21(16)31(20)23/h6-12,19H,5H2,1-4H3,(H,28,32). The van der Waals surface area contributed by atoms with Crippen LogP contribution in [0.1, 0.15) is 35.6 Å². The molecule has 1 unspecified atom stereocenters. The maximum atomic E-state index is 13.3. The average molecular weight is 473 g/mol. The van der Waals surface area contributed by atoms with Crippen molar-refractivity contribution in [2.45, 2.75) is 50.7 Å². The highest BCUT2D eigenvalue weighted by Crippen LogP contribution is 2.36.